The van der Waals surface area contributed by atoms with Gasteiger partial charge >= 0.3 is 5.97 Å². The van der Waals surface area contributed by atoms with Gasteiger partial charge in [0.15, 0.2) is 12.1 Å². The van der Waals surface area contributed by atoms with Crippen molar-refractivity contribution in [1.29, 1.82) is 0 Å². The number of carboxylic acid groups (broad SMARTS) is 1. The van der Waals surface area contributed by atoms with Crippen molar-refractivity contribution in [2.75, 3.05) is 33.9 Å². The smallest absolute Gasteiger partial charge is 0.308 e. The number of hydrogen-bond donors (Lipinski definition) is 1. The predicted molar refractivity (Wildman–Crippen MR) is 187 cm³/mol. The minimum atomic E-state index is -1.02. The average Bonchev–Trinajstić information content (AvgIpc) is 3.56. The van der Waals surface area contributed by atoms with Crippen molar-refractivity contribution >= 4 is 11.8 Å². The Hall–Kier alpha value is -2.17. The van der Waals surface area contributed by atoms with Crippen LogP contribution in [0, 0.1) is 62.6 Å². The Bertz CT molecular complexity index is 1470. The Balaban J connectivity index is 1.46. The van der Waals surface area contributed by atoms with Crippen molar-refractivity contribution in [3.05, 3.63) is 18.0 Å². The van der Waals surface area contributed by atoms with Crippen molar-refractivity contribution in [3.63, 3.8) is 0 Å². The third-order valence-electron chi connectivity index (χ3n) is 16.4. The normalized spacial score (nSPS) is 43.8. The second kappa shape index (κ2) is 11.9. The van der Waals surface area contributed by atoms with Gasteiger partial charge in [-0.2, -0.15) is 4.80 Å². The lowest BCUT2D eigenvalue weighted by Gasteiger charge is -2.70. The maximum atomic E-state index is 15.0. The molecule has 2 heterocycles. The van der Waals surface area contributed by atoms with Crippen LogP contribution < -0.4 is 0 Å². The molecule has 4 aliphatic carbocycles. The fraction of sp³-hybridized carbons (Fsp3) is 0.872. The Labute approximate surface area is 294 Å². The van der Waals surface area contributed by atoms with E-state index in [0.29, 0.717) is 38.1 Å². The highest BCUT2D eigenvalue weighted by atomic mass is 16.5. The van der Waals surface area contributed by atoms with Gasteiger partial charge in [-0.05, 0) is 105 Å². The lowest BCUT2D eigenvalue weighted by atomic mass is 9.34. The molecule has 1 N–H and O–H groups in total. The summed E-state index contributed by atoms with van der Waals surface area (Å²) in [5, 5.41) is 24.2. The number of likely N-dealkylation sites (N-methyl/N-ethyl adjacent to an activating group) is 1. The van der Waals surface area contributed by atoms with E-state index in [1.54, 1.807) is 4.80 Å². The van der Waals surface area contributed by atoms with Crippen molar-refractivity contribution < 1.29 is 24.2 Å². The summed E-state index contributed by atoms with van der Waals surface area (Å²) in [4.78, 5) is 32.4. The lowest BCUT2D eigenvalue weighted by Crippen LogP contribution is -2.70. The summed E-state index contributed by atoms with van der Waals surface area (Å²) in [6.07, 6.45) is 7.40. The fourth-order valence-corrected chi connectivity index (χ4v) is 12.3. The molecule has 1 saturated heterocycles. The minimum absolute atomic E-state index is 0.0229. The van der Waals surface area contributed by atoms with E-state index in [4.69, 9.17) is 9.47 Å². The van der Waals surface area contributed by atoms with E-state index in [1.165, 1.54) is 11.9 Å². The highest BCUT2D eigenvalue weighted by Crippen LogP contribution is 2.74. The highest BCUT2D eigenvalue weighted by molar-refractivity contribution is 6.00. The molecule has 0 aromatic carbocycles. The molecule has 274 valence electrons. The molecule has 0 radical (unpaired) electrons. The molecular formula is C39H63N5O5. The number of carbonyl (C=O) groups is 2. The molecule has 0 amide bonds. The number of tetrazole rings is 1. The summed E-state index contributed by atoms with van der Waals surface area (Å²) in [7, 11) is 4.23. The Morgan fingerprint density at radius 2 is 1.82 bits per heavy atom. The van der Waals surface area contributed by atoms with Crippen molar-refractivity contribution in [3.8, 4) is 0 Å². The van der Waals surface area contributed by atoms with Gasteiger partial charge in [-0.15, -0.1) is 10.2 Å². The Morgan fingerprint density at radius 3 is 2.39 bits per heavy atom. The number of rotatable bonds is 9. The second-order valence-electron chi connectivity index (χ2n) is 18.9. The number of hydrogen-bond acceptors (Lipinski definition) is 8. The van der Waals surface area contributed by atoms with E-state index >= 15 is 0 Å². The summed E-state index contributed by atoms with van der Waals surface area (Å²) in [5.41, 5.74) is -1.80. The Morgan fingerprint density at radius 1 is 1.12 bits per heavy atom. The van der Waals surface area contributed by atoms with Gasteiger partial charge in [0.05, 0.1) is 31.8 Å². The molecule has 1 unspecified atom stereocenters. The van der Waals surface area contributed by atoms with Crippen LogP contribution in [0.1, 0.15) is 107 Å². The van der Waals surface area contributed by atoms with Crippen LogP contribution in [-0.4, -0.2) is 87.5 Å². The van der Waals surface area contributed by atoms with E-state index in [-0.39, 0.29) is 46.6 Å². The summed E-state index contributed by atoms with van der Waals surface area (Å²) >= 11 is 0. The predicted octanol–water partition coefficient (Wildman–Crippen LogP) is 6.34. The summed E-state index contributed by atoms with van der Waals surface area (Å²) in [5.74, 6) is -0.483. The molecule has 10 heteroatoms. The topological polar surface area (TPSA) is 120 Å². The molecule has 1 aliphatic heterocycles. The molecule has 6 rings (SSSR count). The van der Waals surface area contributed by atoms with Crippen LogP contribution in [-0.2, 0) is 19.1 Å². The molecule has 1 aromatic heterocycles. The molecule has 12 atom stereocenters. The fourth-order valence-electron chi connectivity index (χ4n) is 12.3. The number of nitrogens with zero attached hydrogens (tertiary/aromatic N) is 5. The first-order chi connectivity index (χ1) is 22.8. The lowest BCUT2D eigenvalue weighted by molar-refractivity contribution is -0.254. The third kappa shape index (κ3) is 4.84. The number of carboxylic acids is 1. The average molecular weight is 682 g/mol. The van der Waals surface area contributed by atoms with Crippen molar-refractivity contribution in [2.45, 2.75) is 119 Å². The zero-order valence-electron chi connectivity index (χ0n) is 32.2. The third-order valence-corrected chi connectivity index (χ3v) is 16.4. The quantitative estimate of drug-likeness (QED) is 0.318. The van der Waals surface area contributed by atoms with Crippen LogP contribution in [0.25, 0.3) is 0 Å². The van der Waals surface area contributed by atoms with Gasteiger partial charge in [-0.1, -0.05) is 67.9 Å². The van der Waals surface area contributed by atoms with Crippen molar-refractivity contribution in [1.82, 2.24) is 25.1 Å². The van der Waals surface area contributed by atoms with Crippen LogP contribution in [0.15, 0.2) is 18.0 Å². The van der Waals surface area contributed by atoms with Crippen LogP contribution in [0.4, 0.5) is 0 Å². The molecule has 0 spiro atoms. The maximum Gasteiger partial charge on any atom is 0.308 e. The van der Waals surface area contributed by atoms with Gasteiger partial charge in [0.2, 0.25) is 0 Å². The number of fused-ring (bicyclic) bond motifs is 3. The number of carbonyl (C=O) groups excluding carboxylic acids is 1. The molecule has 2 bridgehead atoms. The van der Waals surface area contributed by atoms with E-state index in [9.17, 15) is 14.7 Å². The molecular weight excluding hydrogens is 618 g/mol. The summed E-state index contributed by atoms with van der Waals surface area (Å²) in [6, 6.07) is -0.199. The van der Waals surface area contributed by atoms with E-state index in [2.05, 4.69) is 96.7 Å². The van der Waals surface area contributed by atoms with Crippen LogP contribution in [0.2, 0.25) is 0 Å². The molecule has 5 aliphatic rings. The first-order valence-electron chi connectivity index (χ1n) is 18.8. The number of ketones is 1. The number of aromatic nitrogens is 4. The van der Waals surface area contributed by atoms with E-state index in [1.807, 2.05) is 13.0 Å². The monoisotopic (exact) mass is 681 g/mol. The largest absolute Gasteiger partial charge is 0.481 e. The summed E-state index contributed by atoms with van der Waals surface area (Å²) in [6.45, 7) is 23.6. The number of aliphatic carboxylic acids is 1. The van der Waals surface area contributed by atoms with E-state index in [0.717, 1.165) is 25.7 Å². The first-order valence-corrected chi connectivity index (χ1v) is 18.8. The van der Waals surface area contributed by atoms with E-state index < -0.39 is 33.5 Å². The Kier molecular flexibility index (Phi) is 8.92. The second-order valence-corrected chi connectivity index (χ2v) is 18.9. The van der Waals surface area contributed by atoms with Crippen molar-refractivity contribution in [2.24, 2.45) is 62.6 Å². The van der Waals surface area contributed by atoms with Gasteiger partial charge in [0, 0.05) is 21.8 Å². The number of ether oxygens (including phenoxy) is 2. The van der Waals surface area contributed by atoms with Gasteiger partial charge in [0.25, 0.3) is 0 Å². The van der Waals surface area contributed by atoms with Gasteiger partial charge in [-0.25, -0.2) is 0 Å². The zero-order chi connectivity index (χ0) is 36.1. The van der Waals surface area contributed by atoms with Gasteiger partial charge in [0.1, 0.15) is 6.04 Å². The molecule has 1 aromatic rings. The first kappa shape index (κ1) is 36.6. The minimum Gasteiger partial charge on any atom is -0.481 e. The number of allylic oxidation sites excluding steroid dienone is 1. The standard InChI is InChI=1S/C39H63N5O5/c1-23(2)25(5)34(6)15-16-36(8)26-13-14-29-35(7)19-48-21-39(29,27(26)17-30(45)38(36,10)31(34)33(46)47)18-28(44-41-22-40-42-44)32(35)49-20-37(9,24(3)4)43(11)12/h17,22-26,28-29,31-32H,13-16,18-21H2,1-12H3,(H,46,47)/t25-,26+,28-,29+,31-,32+,34-,35-,36-,37?,38+,39+/m1/s1. The molecule has 49 heavy (non-hydrogen) atoms. The molecule has 10 nitrogen and oxygen atoms in total. The summed E-state index contributed by atoms with van der Waals surface area (Å²) < 4.78 is 13.8. The van der Waals surface area contributed by atoms with Crippen LogP contribution in [0.3, 0.4) is 0 Å². The van der Waals surface area contributed by atoms with Gasteiger partial charge in [-0.3, -0.25) is 9.59 Å². The highest BCUT2D eigenvalue weighted by Gasteiger charge is 2.74. The van der Waals surface area contributed by atoms with Crippen LogP contribution >= 0.6 is 0 Å². The molecule has 4 fully saturated rings. The van der Waals surface area contributed by atoms with Crippen LogP contribution in [0.5, 0.6) is 0 Å². The van der Waals surface area contributed by atoms with Gasteiger partial charge < -0.3 is 19.5 Å². The SMILES string of the molecule is CC(C)[C@@H](C)[C@@]1(C)CC[C@]2(C)[C@H]3CC[C@@H]4[C@@]5(COC[C@@]4(C)[C@@H](OCC(C)(C(C)C)N(C)C)[C@H](n4ncnn4)C5)C3=CC(=O)[C@@]2(C)[C@@H]1C(=O)O. The zero-order valence-corrected chi connectivity index (χ0v) is 32.2. The molecule has 3 saturated carbocycles. The maximum absolute atomic E-state index is 15.0.